The lowest BCUT2D eigenvalue weighted by Crippen LogP contribution is -2.47. The Hall–Kier alpha value is -2.72. The van der Waals surface area contributed by atoms with Crippen LogP contribution in [-0.4, -0.2) is 67.9 Å². The molecule has 0 bridgehead atoms. The fraction of sp³-hybridized carbons (Fsp3) is 0.370. The smallest absolute Gasteiger partial charge is 0.248 e. The van der Waals surface area contributed by atoms with Gasteiger partial charge in [-0.3, -0.25) is 9.69 Å². The SMILES string of the molecule is O=c1ccc2c(S(=O)(=O)N3CCC[C@H]3CCN3CCN(c4cccc5sccc45)CC3)cccc2[nH]1. The van der Waals surface area contributed by atoms with Crippen LogP contribution < -0.4 is 10.5 Å². The molecule has 0 aliphatic carbocycles. The molecule has 2 aliphatic rings. The number of hydrogen-bond donors (Lipinski definition) is 1. The van der Waals surface area contributed by atoms with E-state index in [1.165, 1.54) is 21.8 Å². The van der Waals surface area contributed by atoms with Gasteiger partial charge in [0, 0.05) is 71.5 Å². The number of pyridine rings is 1. The molecular weight excluding hydrogens is 492 g/mol. The van der Waals surface area contributed by atoms with Gasteiger partial charge in [-0.2, -0.15) is 4.31 Å². The number of aromatic amines is 1. The minimum Gasteiger partial charge on any atom is -0.368 e. The number of aromatic nitrogens is 1. The molecule has 0 saturated carbocycles. The van der Waals surface area contributed by atoms with Crippen LogP contribution in [0, 0.1) is 0 Å². The number of rotatable bonds is 6. The van der Waals surface area contributed by atoms with Gasteiger partial charge in [0.15, 0.2) is 0 Å². The van der Waals surface area contributed by atoms with E-state index in [-0.39, 0.29) is 16.5 Å². The maximum atomic E-state index is 13.7. The van der Waals surface area contributed by atoms with Crippen molar-refractivity contribution >= 4 is 48.0 Å². The van der Waals surface area contributed by atoms with Crippen molar-refractivity contribution in [2.24, 2.45) is 0 Å². The van der Waals surface area contributed by atoms with Crippen LogP contribution in [0.1, 0.15) is 19.3 Å². The van der Waals surface area contributed by atoms with Gasteiger partial charge in [-0.05, 0) is 67.6 Å². The summed E-state index contributed by atoms with van der Waals surface area (Å²) in [6.45, 7) is 5.38. The van der Waals surface area contributed by atoms with Crippen LogP contribution in [0.3, 0.4) is 0 Å². The second-order valence-electron chi connectivity index (χ2n) is 9.68. The lowest BCUT2D eigenvalue weighted by atomic mass is 10.1. The number of H-pyrrole nitrogens is 1. The monoisotopic (exact) mass is 522 g/mol. The minimum absolute atomic E-state index is 0.00519. The average Bonchev–Trinajstić information content (AvgIpc) is 3.57. The number of nitrogens with one attached hydrogen (secondary N) is 1. The van der Waals surface area contributed by atoms with Crippen LogP contribution in [-0.2, 0) is 10.0 Å². The van der Waals surface area contributed by atoms with E-state index in [4.69, 9.17) is 0 Å². The summed E-state index contributed by atoms with van der Waals surface area (Å²) in [4.78, 5) is 19.7. The van der Waals surface area contributed by atoms with E-state index in [0.29, 0.717) is 17.4 Å². The molecule has 4 aromatic rings. The molecule has 2 aromatic carbocycles. The molecule has 4 heterocycles. The predicted molar refractivity (Wildman–Crippen MR) is 147 cm³/mol. The van der Waals surface area contributed by atoms with E-state index in [1.807, 2.05) is 0 Å². The second-order valence-corrected chi connectivity index (χ2v) is 12.5. The molecule has 36 heavy (non-hydrogen) atoms. The molecule has 2 aromatic heterocycles. The Balaban J connectivity index is 1.12. The zero-order valence-corrected chi connectivity index (χ0v) is 21.7. The molecule has 6 rings (SSSR count). The van der Waals surface area contributed by atoms with Crippen LogP contribution in [0.25, 0.3) is 21.0 Å². The van der Waals surface area contributed by atoms with Crippen molar-refractivity contribution in [3.05, 3.63) is 70.3 Å². The molecule has 1 atom stereocenters. The van der Waals surface area contributed by atoms with Crippen molar-refractivity contribution in [1.82, 2.24) is 14.2 Å². The molecule has 188 valence electrons. The Bertz CT molecular complexity index is 1550. The highest BCUT2D eigenvalue weighted by Crippen LogP contribution is 2.33. The van der Waals surface area contributed by atoms with Crippen LogP contribution >= 0.6 is 11.3 Å². The number of benzene rings is 2. The Morgan fingerprint density at radius 2 is 1.75 bits per heavy atom. The van der Waals surface area contributed by atoms with Crippen LogP contribution in [0.2, 0.25) is 0 Å². The van der Waals surface area contributed by atoms with E-state index in [1.54, 1.807) is 39.9 Å². The summed E-state index contributed by atoms with van der Waals surface area (Å²) < 4.78 is 30.4. The van der Waals surface area contributed by atoms with Crippen molar-refractivity contribution in [3.8, 4) is 0 Å². The molecule has 2 aliphatic heterocycles. The third-order valence-corrected chi connectivity index (χ3v) is 10.5. The third-order valence-electron chi connectivity index (χ3n) is 7.60. The van der Waals surface area contributed by atoms with Gasteiger partial charge in [-0.25, -0.2) is 8.42 Å². The fourth-order valence-electron chi connectivity index (χ4n) is 5.72. The third kappa shape index (κ3) is 4.34. The van der Waals surface area contributed by atoms with Crippen molar-refractivity contribution in [1.29, 1.82) is 0 Å². The summed E-state index contributed by atoms with van der Waals surface area (Å²) in [7, 11) is -3.65. The topological polar surface area (TPSA) is 76.7 Å². The standard InChI is InChI=1S/C27H30N4O3S2/c32-27-10-9-21-23(28-27)5-1-8-26(21)36(33,34)31-13-3-4-20(31)11-14-29-15-17-30(18-16-29)24-6-2-7-25-22(24)12-19-35-25/h1-2,5-10,12,19-20H,3-4,11,13-18H2,(H,28,32)/t20-/m0/s1. The van der Waals surface area contributed by atoms with Crippen molar-refractivity contribution < 1.29 is 8.42 Å². The molecule has 7 nitrogen and oxygen atoms in total. The summed E-state index contributed by atoms with van der Waals surface area (Å²) >= 11 is 1.78. The highest BCUT2D eigenvalue weighted by Gasteiger charge is 2.36. The summed E-state index contributed by atoms with van der Waals surface area (Å²) in [6, 6.07) is 16.9. The quantitative estimate of drug-likeness (QED) is 0.413. The Morgan fingerprint density at radius 1 is 0.917 bits per heavy atom. The van der Waals surface area contributed by atoms with E-state index in [2.05, 4.69) is 44.4 Å². The first-order valence-corrected chi connectivity index (χ1v) is 14.9. The Morgan fingerprint density at radius 3 is 2.61 bits per heavy atom. The second kappa shape index (κ2) is 9.63. The first-order valence-electron chi connectivity index (χ1n) is 12.6. The average molecular weight is 523 g/mol. The van der Waals surface area contributed by atoms with Gasteiger partial charge in [-0.1, -0.05) is 12.1 Å². The number of sulfonamides is 1. The molecule has 0 radical (unpaired) electrons. The van der Waals surface area contributed by atoms with Gasteiger partial charge in [0.1, 0.15) is 0 Å². The number of nitrogens with zero attached hydrogens (tertiary/aromatic N) is 3. The van der Waals surface area contributed by atoms with Crippen molar-refractivity contribution in [3.63, 3.8) is 0 Å². The van der Waals surface area contributed by atoms with Crippen molar-refractivity contribution in [2.45, 2.75) is 30.2 Å². The van der Waals surface area contributed by atoms with Crippen LogP contribution in [0.15, 0.2) is 69.7 Å². The summed E-state index contributed by atoms with van der Waals surface area (Å²) in [5, 5.41) is 4.06. The van der Waals surface area contributed by atoms with E-state index >= 15 is 0 Å². The highest BCUT2D eigenvalue weighted by atomic mass is 32.2. The van der Waals surface area contributed by atoms with E-state index < -0.39 is 10.0 Å². The highest BCUT2D eigenvalue weighted by molar-refractivity contribution is 7.89. The van der Waals surface area contributed by atoms with Gasteiger partial charge < -0.3 is 9.88 Å². The maximum absolute atomic E-state index is 13.7. The maximum Gasteiger partial charge on any atom is 0.248 e. The van der Waals surface area contributed by atoms with Gasteiger partial charge >= 0.3 is 0 Å². The Kier molecular flexibility index (Phi) is 6.33. The molecule has 9 heteroatoms. The predicted octanol–water partition coefficient (Wildman–Crippen LogP) is 4.11. The first kappa shape index (κ1) is 23.7. The Labute approximate surface area is 215 Å². The number of thiophene rings is 1. The minimum atomic E-state index is -3.65. The van der Waals surface area contributed by atoms with Gasteiger partial charge in [0.2, 0.25) is 15.6 Å². The molecular formula is C27H30N4O3S2. The van der Waals surface area contributed by atoms with Crippen LogP contribution in [0.4, 0.5) is 5.69 Å². The van der Waals surface area contributed by atoms with Gasteiger partial charge in [0.25, 0.3) is 0 Å². The molecule has 0 unspecified atom stereocenters. The lowest BCUT2D eigenvalue weighted by Gasteiger charge is -2.37. The molecule has 1 N–H and O–H groups in total. The normalized spacial score (nSPS) is 20.0. The summed E-state index contributed by atoms with van der Waals surface area (Å²) in [5.41, 5.74) is 1.64. The number of fused-ring (bicyclic) bond motifs is 2. The molecule has 2 saturated heterocycles. The van der Waals surface area contributed by atoms with E-state index in [0.717, 1.165) is 52.0 Å². The first-order chi connectivity index (χ1) is 17.5. The van der Waals surface area contributed by atoms with Crippen LogP contribution in [0.5, 0.6) is 0 Å². The fourth-order valence-corrected chi connectivity index (χ4v) is 8.46. The molecule has 0 amide bonds. The zero-order chi connectivity index (χ0) is 24.7. The number of anilines is 1. The molecule has 0 spiro atoms. The number of piperazine rings is 1. The largest absolute Gasteiger partial charge is 0.368 e. The van der Waals surface area contributed by atoms with Gasteiger partial charge in [-0.15, -0.1) is 11.3 Å². The van der Waals surface area contributed by atoms with Gasteiger partial charge in [0.05, 0.1) is 4.90 Å². The lowest BCUT2D eigenvalue weighted by molar-refractivity contribution is 0.232. The molecule has 2 fully saturated rings. The van der Waals surface area contributed by atoms with Crippen molar-refractivity contribution in [2.75, 3.05) is 44.2 Å². The summed E-state index contributed by atoms with van der Waals surface area (Å²) in [6.07, 6.45) is 2.60. The van der Waals surface area contributed by atoms with E-state index in [9.17, 15) is 13.2 Å². The zero-order valence-electron chi connectivity index (χ0n) is 20.1. The number of hydrogen-bond acceptors (Lipinski definition) is 6. The summed E-state index contributed by atoms with van der Waals surface area (Å²) in [5.74, 6) is 0.